The summed E-state index contributed by atoms with van der Waals surface area (Å²) in [6, 6.07) is 21.4. The molecule has 0 radical (unpaired) electrons. The minimum atomic E-state index is -0.265. The number of aryl methyl sites for hydroxylation is 1. The Morgan fingerprint density at radius 1 is 0.962 bits per heavy atom. The Bertz CT molecular complexity index is 845. The van der Waals surface area contributed by atoms with Gasteiger partial charge in [0, 0.05) is 18.8 Å². The fourth-order valence-electron chi connectivity index (χ4n) is 2.61. The minimum absolute atomic E-state index is 0.265. The van der Waals surface area contributed by atoms with E-state index in [0.29, 0.717) is 5.69 Å². The van der Waals surface area contributed by atoms with Crippen molar-refractivity contribution in [3.8, 4) is 0 Å². The third-order valence-corrected chi connectivity index (χ3v) is 4.11. The van der Waals surface area contributed by atoms with Crippen molar-refractivity contribution in [1.82, 2.24) is 10.2 Å². The smallest absolute Gasteiger partial charge is 0.276 e. The van der Waals surface area contributed by atoms with Gasteiger partial charge in [-0.15, -0.1) is 10.2 Å². The monoisotopic (exact) mass is 346 g/mol. The normalized spacial score (nSPS) is 10.4. The van der Waals surface area contributed by atoms with Gasteiger partial charge >= 0.3 is 0 Å². The Kier molecular flexibility index (Phi) is 5.59. The summed E-state index contributed by atoms with van der Waals surface area (Å²) in [6.45, 7) is 5.63. The van der Waals surface area contributed by atoms with E-state index in [0.717, 1.165) is 30.2 Å². The standard InChI is InChI=1S/C21H22N4O/c1-3-25(15-17-7-5-4-6-8-17)20-14-13-19(23-24-20)21(26)22-18-11-9-16(2)10-12-18/h4-14H,3,15H2,1-2H3,(H,22,26). The lowest BCUT2D eigenvalue weighted by Crippen LogP contribution is -2.24. The van der Waals surface area contributed by atoms with E-state index >= 15 is 0 Å². The number of benzene rings is 2. The first-order valence-corrected chi connectivity index (χ1v) is 8.66. The van der Waals surface area contributed by atoms with E-state index in [4.69, 9.17) is 0 Å². The van der Waals surface area contributed by atoms with Gasteiger partial charge in [0.05, 0.1) is 0 Å². The third kappa shape index (κ3) is 4.45. The summed E-state index contributed by atoms with van der Waals surface area (Å²) in [5.74, 6) is 0.488. The van der Waals surface area contributed by atoms with Gasteiger partial charge in [-0.1, -0.05) is 48.0 Å². The number of aromatic nitrogens is 2. The van der Waals surface area contributed by atoms with Gasteiger partial charge in [-0.05, 0) is 43.7 Å². The van der Waals surface area contributed by atoms with Crippen LogP contribution in [0.3, 0.4) is 0 Å². The lowest BCUT2D eigenvalue weighted by atomic mass is 10.2. The summed E-state index contributed by atoms with van der Waals surface area (Å²) in [6.07, 6.45) is 0. The van der Waals surface area contributed by atoms with Crippen molar-refractivity contribution >= 4 is 17.4 Å². The van der Waals surface area contributed by atoms with Crippen LogP contribution in [0.2, 0.25) is 0 Å². The van der Waals surface area contributed by atoms with Gasteiger partial charge in [-0.2, -0.15) is 0 Å². The van der Waals surface area contributed by atoms with Crippen LogP contribution in [0.4, 0.5) is 11.5 Å². The Labute approximate surface area is 153 Å². The summed E-state index contributed by atoms with van der Waals surface area (Å²) >= 11 is 0. The first-order chi connectivity index (χ1) is 12.7. The second kappa shape index (κ2) is 8.25. The van der Waals surface area contributed by atoms with E-state index in [1.165, 1.54) is 5.56 Å². The summed E-state index contributed by atoms with van der Waals surface area (Å²) in [5.41, 5.74) is 3.39. The molecule has 0 unspecified atom stereocenters. The van der Waals surface area contributed by atoms with Crippen LogP contribution in [0.15, 0.2) is 66.7 Å². The minimum Gasteiger partial charge on any atom is -0.351 e. The van der Waals surface area contributed by atoms with Gasteiger partial charge in [-0.3, -0.25) is 4.79 Å². The topological polar surface area (TPSA) is 58.1 Å². The maximum Gasteiger partial charge on any atom is 0.276 e. The molecular formula is C21H22N4O. The number of rotatable bonds is 6. The summed E-state index contributed by atoms with van der Waals surface area (Å²) in [7, 11) is 0. The maximum absolute atomic E-state index is 12.3. The zero-order valence-electron chi connectivity index (χ0n) is 15.0. The molecule has 26 heavy (non-hydrogen) atoms. The molecule has 0 spiro atoms. The van der Waals surface area contributed by atoms with Gasteiger partial charge < -0.3 is 10.2 Å². The van der Waals surface area contributed by atoms with Crippen molar-refractivity contribution in [2.24, 2.45) is 0 Å². The maximum atomic E-state index is 12.3. The van der Waals surface area contributed by atoms with E-state index in [1.807, 2.05) is 55.5 Å². The first-order valence-electron chi connectivity index (χ1n) is 8.66. The van der Waals surface area contributed by atoms with E-state index in [9.17, 15) is 4.79 Å². The molecule has 5 heteroatoms. The number of nitrogens with one attached hydrogen (secondary N) is 1. The summed E-state index contributed by atoms with van der Waals surface area (Å²) in [5, 5.41) is 11.2. The molecule has 1 N–H and O–H groups in total. The fourth-order valence-corrected chi connectivity index (χ4v) is 2.61. The van der Waals surface area contributed by atoms with Crippen molar-refractivity contribution in [2.75, 3.05) is 16.8 Å². The molecule has 3 rings (SSSR count). The lowest BCUT2D eigenvalue weighted by molar-refractivity contribution is 0.102. The number of anilines is 2. The van der Waals surface area contributed by atoms with Crippen LogP contribution in [0, 0.1) is 6.92 Å². The predicted octanol–water partition coefficient (Wildman–Crippen LogP) is 4.06. The Morgan fingerprint density at radius 3 is 2.31 bits per heavy atom. The molecule has 1 amide bonds. The summed E-state index contributed by atoms with van der Waals surface area (Å²) in [4.78, 5) is 14.4. The molecule has 1 aromatic heterocycles. The number of amides is 1. The largest absolute Gasteiger partial charge is 0.351 e. The van der Waals surface area contributed by atoms with Gasteiger partial charge in [0.2, 0.25) is 0 Å². The molecule has 0 saturated heterocycles. The van der Waals surface area contributed by atoms with E-state index in [2.05, 4.69) is 39.5 Å². The van der Waals surface area contributed by atoms with Crippen LogP contribution in [-0.4, -0.2) is 22.6 Å². The molecule has 0 bridgehead atoms. The van der Waals surface area contributed by atoms with Crippen molar-refractivity contribution in [3.05, 3.63) is 83.6 Å². The Balaban J connectivity index is 1.68. The highest BCUT2D eigenvalue weighted by atomic mass is 16.1. The number of carbonyl (C=O) groups is 1. The molecular weight excluding hydrogens is 324 g/mol. The van der Waals surface area contributed by atoms with Gasteiger partial charge in [0.1, 0.15) is 0 Å². The molecule has 132 valence electrons. The molecule has 3 aromatic rings. The average Bonchev–Trinajstić information content (AvgIpc) is 2.69. The number of carbonyl (C=O) groups excluding carboxylic acids is 1. The quantitative estimate of drug-likeness (QED) is 0.731. The van der Waals surface area contributed by atoms with Crippen LogP contribution in [-0.2, 0) is 6.54 Å². The van der Waals surface area contributed by atoms with Gasteiger partial charge in [0.25, 0.3) is 5.91 Å². The number of nitrogens with zero attached hydrogens (tertiary/aromatic N) is 3. The molecule has 0 aliphatic heterocycles. The van der Waals surface area contributed by atoms with Crippen LogP contribution in [0.5, 0.6) is 0 Å². The van der Waals surface area contributed by atoms with E-state index in [-0.39, 0.29) is 5.91 Å². The Morgan fingerprint density at radius 2 is 1.69 bits per heavy atom. The molecule has 0 aliphatic carbocycles. The highest BCUT2D eigenvalue weighted by Gasteiger charge is 2.12. The SMILES string of the molecule is CCN(Cc1ccccc1)c1ccc(C(=O)Nc2ccc(C)cc2)nn1. The fraction of sp³-hybridized carbons (Fsp3) is 0.190. The van der Waals surface area contributed by atoms with Gasteiger partial charge in [0.15, 0.2) is 11.5 Å². The van der Waals surface area contributed by atoms with Crippen LogP contribution in [0.25, 0.3) is 0 Å². The van der Waals surface area contributed by atoms with Crippen LogP contribution in [0.1, 0.15) is 28.5 Å². The highest BCUT2D eigenvalue weighted by molar-refractivity contribution is 6.02. The van der Waals surface area contributed by atoms with Crippen molar-refractivity contribution in [2.45, 2.75) is 20.4 Å². The molecule has 2 aromatic carbocycles. The van der Waals surface area contributed by atoms with Crippen molar-refractivity contribution < 1.29 is 4.79 Å². The molecule has 1 heterocycles. The zero-order valence-corrected chi connectivity index (χ0v) is 15.0. The third-order valence-electron chi connectivity index (χ3n) is 4.11. The van der Waals surface area contributed by atoms with E-state index in [1.54, 1.807) is 6.07 Å². The van der Waals surface area contributed by atoms with Crippen molar-refractivity contribution in [1.29, 1.82) is 0 Å². The molecule has 0 fully saturated rings. The van der Waals surface area contributed by atoms with Gasteiger partial charge in [-0.25, -0.2) is 0 Å². The molecule has 0 atom stereocenters. The molecule has 0 saturated carbocycles. The second-order valence-electron chi connectivity index (χ2n) is 6.10. The van der Waals surface area contributed by atoms with E-state index < -0.39 is 0 Å². The number of hydrogen-bond donors (Lipinski definition) is 1. The summed E-state index contributed by atoms with van der Waals surface area (Å²) < 4.78 is 0. The average molecular weight is 346 g/mol. The highest BCUT2D eigenvalue weighted by Crippen LogP contribution is 2.15. The van der Waals surface area contributed by atoms with Crippen molar-refractivity contribution in [3.63, 3.8) is 0 Å². The van der Waals surface area contributed by atoms with Crippen LogP contribution < -0.4 is 10.2 Å². The second-order valence-corrected chi connectivity index (χ2v) is 6.10. The lowest BCUT2D eigenvalue weighted by Gasteiger charge is -2.21. The molecule has 5 nitrogen and oxygen atoms in total. The number of hydrogen-bond acceptors (Lipinski definition) is 4. The Hall–Kier alpha value is -3.21. The van der Waals surface area contributed by atoms with Crippen LogP contribution >= 0.6 is 0 Å². The zero-order chi connectivity index (χ0) is 18.4. The molecule has 0 aliphatic rings. The first kappa shape index (κ1) is 17.6. The predicted molar refractivity (Wildman–Crippen MR) is 104 cm³/mol.